The summed E-state index contributed by atoms with van der Waals surface area (Å²) in [7, 11) is 0. The van der Waals surface area contributed by atoms with Crippen LogP contribution in [0.25, 0.3) is 0 Å². The van der Waals surface area contributed by atoms with Crippen molar-refractivity contribution < 1.29 is 14.0 Å². The Morgan fingerprint density at radius 2 is 2.36 bits per heavy atom. The molecule has 1 aromatic carbocycles. The lowest BCUT2D eigenvalue weighted by Crippen LogP contribution is -2.32. The van der Waals surface area contributed by atoms with E-state index in [2.05, 4.69) is 10.3 Å². The molecule has 1 unspecified atom stereocenters. The molecule has 2 heterocycles. The maximum absolute atomic E-state index is 13.8. The number of hydrogen-bond acceptors (Lipinski definition) is 5. The van der Waals surface area contributed by atoms with Gasteiger partial charge in [-0.1, -0.05) is 0 Å². The van der Waals surface area contributed by atoms with E-state index in [4.69, 9.17) is 0 Å². The van der Waals surface area contributed by atoms with Gasteiger partial charge in [-0.15, -0.1) is 11.3 Å². The van der Waals surface area contributed by atoms with Crippen LogP contribution in [-0.2, 0) is 0 Å². The predicted molar refractivity (Wildman–Crippen MR) is 81.8 cm³/mol. The largest absolute Gasteiger partial charge is 0.357 e. The molecule has 2 aromatic rings. The van der Waals surface area contributed by atoms with Gasteiger partial charge in [-0.2, -0.15) is 0 Å². The molecule has 3 rings (SSSR count). The van der Waals surface area contributed by atoms with Crippen molar-refractivity contribution in [1.82, 2.24) is 9.88 Å². The molecule has 114 valence electrons. The maximum Gasteiger partial charge on any atom is 0.256 e. The van der Waals surface area contributed by atoms with Crippen molar-refractivity contribution in [1.29, 1.82) is 0 Å². The van der Waals surface area contributed by atoms with Crippen LogP contribution in [0.2, 0.25) is 0 Å². The second-order valence-corrected chi connectivity index (χ2v) is 5.97. The molecule has 0 saturated carbocycles. The molecular weight excluding hydrogens is 305 g/mol. The summed E-state index contributed by atoms with van der Waals surface area (Å²) in [6.45, 7) is 1.04. The number of nitrogens with zero attached hydrogens (tertiary/aromatic N) is 2. The highest BCUT2D eigenvalue weighted by molar-refractivity contribution is 7.13. The molecule has 5 nitrogen and oxygen atoms in total. The number of likely N-dealkylation sites (tertiary alicyclic amines) is 1. The van der Waals surface area contributed by atoms with Gasteiger partial charge in [-0.25, -0.2) is 9.37 Å². The van der Waals surface area contributed by atoms with Gasteiger partial charge in [-0.05, 0) is 24.6 Å². The van der Waals surface area contributed by atoms with E-state index in [-0.39, 0.29) is 17.5 Å². The van der Waals surface area contributed by atoms with E-state index in [0.29, 0.717) is 24.9 Å². The molecule has 1 amide bonds. The summed E-state index contributed by atoms with van der Waals surface area (Å²) in [5, 5.41) is 5.95. The third-order valence-corrected chi connectivity index (χ3v) is 4.30. The minimum absolute atomic E-state index is 0.0560. The van der Waals surface area contributed by atoms with Crippen molar-refractivity contribution in [2.75, 3.05) is 18.4 Å². The highest BCUT2D eigenvalue weighted by Gasteiger charge is 2.28. The molecule has 0 radical (unpaired) electrons. The molecule has 22 heavy (non-hydrogen) atoms. The van der Waals surface area contributed by atoms with Gasteiger partial charge >= 0.3 is 0 Å². The number of carbonyl (C=O) groups excluding carboxylic acids is 2. The number of thiazole rings is 1. The summed E-state index contributed by atoms with van der Waals surface area (Å²) < 4.78 is 13.8. The Morgan fingerprint density at radius 1 is 1.50 bits per heavy atom. The van der Waals surface area contributed by atoms with Crippen molar-refractivity contribution >= 4 is 28.7 Å². The van der Waals surface area contributed by atoms with Crippen LogP contribution in [0, 0.1) is 5.82 Å². The Labute approximate surface area is 130 Å². The number of anilines is 1. The predicted octanol–water partition coefficient (Wildman–Crippen LogP) is 2.42. The number of amides is 1. The van der Waals surface area contributed by atoms with Crippen LogP contribution < -0.4 is 5.32 Å². The first kappa shape index (κ1) is 14.6. The fourth-order valence-electron chi connectivity index (χ4n) is 2.48. The zero-order valence-corrected chi connectivity index (χ0v) is 12.5. The number of halogens is 1. The molecule has 1 aromatic heterocycles. The highest BCUT2D eigenvalue weighted by atomic mass is 32.1. The van der Waals surface area contributed by atoms with E-state index in [9.17, 15) is 14.0 Å². The van der Waals surface area contributed by atoms with Gasteiger partial charge in [0.2, 0.25) is 0 Å². The summed E-state index contributed by atoms with van der Waals surface area (Å²) in [4.78, 5) is 28.9. The van der Waals surface area contributed by atoms with Gasteiger partial charge in [0.1, 0.15) is 12.1 Å². The number of aldehydes is 1. The molecule has 0 aliphatic carbocycles. The van der Waals surface area contributed by atoms with Crippen molar-refractivity contribution in [2.45, 2.75) is 12.5 Å². The Bertz CT molecular complexity index is 690. The number of rotatable bonds is 4. The lowest BCUT2D eigenvalue weighted by atomic mass is 10.1. The van der Waals surface area contributed by atoms with Gasteiger partial charge in [0.05, 0.1) is 5.56 Å². The second-order valence-electron chi connectivity index (χ2n) is 5.08. The van der Waals surface area contributed by atoms with Gasteiger partial charge in [0.15, 0.2) is 5.13 Å². The van der Waals surface area contributed by atoms with E-state index in [1.807, 2.05) is 5.38 Å². The highest BCUT2D eigenvalue weighted by Crippen LogP contribution is 2.20. The van der Waals surface area contributed by atoms with Gasteiger partial charge < -0.3 is 10.2 Å². The normalized spacial score (nSPS) is 17.5. The molecule has 0 spiro atoms. The lowest BCUT2D eigenvalue weighted by molar-refractivity contribution is 0.0787. The first-order valence-electron chi connectivity index (χ1n) is 6.87. The zero-order chi connectivity index (χ0) is 15.5. The Morgan fingerprint density at radius 3 is 3.09 bits per heavy atom. The van der Waals surface area contributed by atoms with E-state index in [1.54, 1.807) is 11.1 Å². The quantitative estimate of drug-likeness (QED) is 0.879. The van der Waals surface area contributed by atoms with Crippen LogP contribution in [0.3, 0.4) is 0 Å². The average Bonchev–Trinajstić information content (AvgIpc) is 3.19. The smallest absolute Gasteiger partial charge is 0.256 e. The number of nitrogens with one attached hydrogen (secondary N) is 1. The minimum Gasteiger partial charge on any atom is -0.357 e. The molecular formula is C15H14FN3O2S. The topological polar surface area (TPSA) is 62.3 Å². The number of benzene rings is 1. The summed E-state index contributed by atoms with van der Waals surface area (Å²) in [6.07, 6.45) is 3.10. The van der Waals surface area contributed by atoms with Crippen LogP contribution >= 0.6 is 11.3 Å². The van der Waals surface area contributed by atoms with Crippen LogP contribution in [0.4, 0.5) is 9.52 Å². The summed E-state index contributed by atoms with van der Waals surface area (Å²) in [5.41, 5.74) is 0.237. The number of aromatic nitrogens is 1. The maximum atomic E-state index is 13.8. The van der Waals surface area contributed by atoms with Crippen LogP contribution in [0.15, 0.2) is 29.8 Å². The van der Waals surface area contributed by atoms with Crippen molar-refractivity contribution in [3.63, 3.8) is 0 Å². The van der Waals surface area contributed by atoms with Crippen molar-refractivity contribution in [3.8, 4) is 0 Å². The molecule has 1 saturated heterocycles. The molecule has 0 bridgehead atoms. The molecule has 1 aliphatic heterocycles. The van der Waals surface area contributed by atoms with Crippen LogP contribution in [0.1, 0.15) is 27.1 Å². The summed E-state index contributed by atoms with van der Waals surface area (Å²) in [5.74, 6) is -0.989. The SMILES string of the molecule is O=Cc1ccc(F)c(C(=O)N2CCC(Nc3nccs3)C2)c1. The molecule has 7 heteroatoms. The number of carbonyl (C=O) groups is 2. The van der Waals surface area contributed by atoms with E-state index in [0.717, 1.165) is 17.6 Å². The van der Waals surface area contributed by atoms with Crippen LogP contribution in [-0.4, -0.2) is 41.2 Å². The Kier molecular flexibility index (Phi) is 4.15. The third kappa shape index (κ3) is 2.99. The van der Waals surface area contributed by atoms with E-state index >= 15 is 0 Å². The van der Waals surface area contributed by atoms with Gasteiger partial charge in [0.25, 0.3) is 5.91 Å². The molecule has 1 aliphatic rings. The number of hydrogen-bond donors (Lipinski definition) is 1. The Hall–Kier alpha value is -2.28. The van der Waals surface area contributed by atoms with Crippen molar-refractivity contribution in [2.24, 2.45) is 0 Å². The molecule has 1 fully saturated rings. The molecule has 1 atom stereocenters. The molecule has 1 N–H and O–H groups in total. The Balaban J connectivity index is 1.70. The van der Waals surface area contributed by atoms with Gasteiger partial charge in [0, 0.05) is 36.3 Å². The van der Waals surface area contributed by atoms with Crippen molar-refractivity contribution in [3.05, 3.63) is 46.7 Å². The summed E-state index contributed by atoms with van der Waals surface area (Å²) >= 11 is 1.50. The van der Waals surface area contributed by atoms with Crippen LogP contribution in [0.5, 0.6) is 0 Å². The van der Waals surface area contributed by atoms with E-state index in [1.165, 1.54) is 23.5 Å². The monoisotopic (exact) mass is 319 g/mol. The third-order valence-electron chi connectivity index (χ3n) is 3.59. The standard InChI is InChI=1S/C15H14FN3O2S/c16-13-2-1-10(9-20)7-12(13)14(21)19-5-3-11(8-19)18-15-17-4-6-22-15/h1-2,4,6-7,9,11H,3,5,8H2,(H,17,18). The fourth-order valence-corrected chi connectivity index (χ4v) is 3.09. The average molecular weight is 319 g/mol. The van der Waals surface area contributed by atoms with E-state index < -0.39 is 5.82 Å². The lowest BCUT2D eigenvalue weighted by Gasteiger charge is -2.17. The first-order valence-corrected chi connectivity index (χ1v) is 7.75. The zero-order valence-electron chi connectivity index (χ0n) is 11.7. The summed E-state index contributed by atoms with van der Waals surface area (Å²) in [6, 6.07) is 3.91. The first-order chi connectivity index (χ1) is 10.7. The fraction of sp³-hybridized carbons (Fsp3) is 0.267. The minimum atomic E-state index is -0.605. The second kappa shape index (κ2) is 6.23. The van der Waals surface area contributed by atoms with Gasteiger partial charge in [-0.3, -0.25) is 9.59 Å².